The van der Waals surface area contributed by atoms with Gasteiger partial charge in [-0.3, -0.25) is 0 Å². The molecule has 0 radical (unpaired) electrons. The lowest BCUT2D eigenvalue weighted by Gasteiger charge is -2.33. The van der Waals surface area contributed by atoms with Crippen LogP contribution in [0.3, 0.4) is 0 Å². The zero-order chi connectivity index (χ0) is 19.6. The Hall–Kier alpha value is -2.80. The van der Waals surface area contributed by atoms with Crippen LogP contribution in [0.15, 0.2) is 48.5 Å². The van der Waals surface area contributed by atoms with Gasteiger partial charge in [0, 0.05) is 19.0 Å². The van der Waals surface area contributed by atoms with Crippen LogP contribution >= 0.6 is 11.3 Å². The molecule has 3 heterocycles. The van der Waals surface area contributed by atoms with Crippen molar-refractivity contribution in [3.63, 3.8) is 0 Å². The molecular formula is C22H23N3O3S. The maximum Gasteiger partial charge on any atom is 0.317 e. The molecule has 2 amide bonds. The molecule has 0 saturated carbocycles. The average Bonchev–Trinajstić information content (AvgIpc) is 3.22. The summed E-state index contributed by atoms with van der Waals surface area (Å²) in [5.41, 5.74) is 1.05. The number of nitrogens with one attached hydrogen (secondary N) is 1. The molecule has 3 aromatic rings. The van der Waals surface area contributed by atoms with Crippen LogP contribution in [0.4, 0.5) is 4.79 Å². The minimum Gasteiger partial charge on any atom is -0.486 e. The second-order valence-electron chi connectivity index (χ2n) is 7.49. The number of amides is 2. The summed E-state index contributed by atoms with van der Waals surface area (Å²) in [5, 5.41) is 4.15. The Labute approximate surface area is 173 Å². The zero-order valence-corrected chi connectivity index (χ0v) is 16.9. The van der Waals surface area contributed by atoms with Crippen LogP contribution in [-0.4, -0.2) is 48.3 Å². The number of piperidine rings is 1. The van der Waals surface area contributed by atoms with Crippen LogP contribution in [0.25, 0.3) is 10.2 Å². The summed E-state index contributed by atoms with van der Waals surface area (Å²) < 4.78 is 12.9. The van der Waals surface area contributed by atoms with Gasteiger partial charge in [0.15, 0.2) is 17.6 Å². The standard InChI is InChI=1S/C22H23N3O3S/c26-22(23-12-16-14-27-18-8-2-3-9-19(18)28-16)25-11-5-6-15(13-25)21-24-17-7-1-4-10-20(17)29-21/h1-4,7-10,15-16H,5-6,11-14H2,(H,23,26)/t15-,16+/m1/s1. The van der Waals surface area contributed by atoms with Crippen molar-refractivity contribution < 1.29 is 14.3 Å². The second-order valence-corrected chi connectivity index (χ2v) is 8.55. The van der Waals surface area contributed by atoms with Gasteiger partial charge in [-0.2, -0.15) is 0 Å². The highest BCUT2D eigenvalue weighted by Crippen LogP contribution is 2.33. The predicted octanol–water partition coefficient (Wildman–Crippen LogP) is 4.03. The Morgan fingerprint density at radius 2 is 2.00 bits per heavy atom. The minimum absolute atomic E-state index is 0.0433. The number of benzene rings is 2. The molecule has 1 fully saturated rings. The summed E-state index contributed by atoms with van der Waals surface area (Å²) in [4.78, 5) is 19.4. The number of likely N-dealkylation sites (tertiary alicyclic amines) is 1. The van der Waals surface area contributed by atoms with Crippen molar-refractivity contribution in [1.82, 2.24) is 15.2 Å². The number of carbonyl (C=O) groups excluding carboxylic acids is 1. The molecule has 2 aromatic carbocycles. The summed E-state index contributed by atoms with van der Waals surface area (Å²) in [6.07, 6.45) is 1.88. The van der Waals surface area contributed by atoms with Gasteiger partial charge in [-0.15, -0.1) is 11.3 Å². The first kappa shape index (κ1) is 18.2. The number of hydrogen-bond acceptors (Lipinski definition) is 5. The lowest BCUT2D eigenvalue weighted by Crippen LogP contribution is -2.48. The van der Waals surface area contributed by atoms with Crippen molar-refractivity contribution in [1.29, 1.82) is 0 Å². The summed E-state index contributed by atoms with van der Waals surface area (Å²) >= 11 is 1.74. The van der Waals surface area contributed by atoms with Gasteiger partial charge in [-0.05, 0) is 37.1 Å². The maximum atomic E-state index is 12.7. The third-order valence-corrected chi connectivity index (χ3v) is 6.62. The van der Waals surface area contributed by atoms with E-state index in [-0.39, 0.29) is 12.1 Å². The van der Waals surface area contributed by atoms with Crippen LogP contribution < -0.4 is 14.8 Å². The molecular weight excluding hydrogens is 386 g/mol. The van der Waals surface area contributed by atoms with Gasteiger partial charge in [0.2, 0.25) is 0 Å². The number of fused-ring (bicyclic) bond motifs is 2. The summed E-state index contributed by atoms with van der Waals surface area (Å²) in [6, 6.07) is 15.8. The van der Waals surface area contributed by atoms with E-state index in [4.69, 9.17) is 14.5 Å². The summed E-state index contributed by atoms with van der Waals surface area (Å²) in [7, 11) is 0. The number of aromatic nitrogens is 1. The van der Waals surface area contributed by atoms with Gasteiger partial charge in [0.05, 0.1) is 21.8 Å². The molecule has 7 heteroatoms. The molecule has 1 N–H and O–H groups in total. The van der Waals surface area contributed by atoms with Crippen LogP contribution in [0.5, 0.6) is 11.5 Å². The number of rotatable bonds is 3. The number of para-hydroxylation sites is 3. The van der Waals surface area contributed by atoms with Gasteiger partial charge in [-0.1, -0.05) is 24.3 Å². The van der Waals surface area contributed by atoms with Crippen molar-refractivity contribution in [3.8, 4) is 11.5 Å². The van der Waals surface area contributed by atoms with E-state index < -0.39 is 0 Å². The fourth-order valence-electron chi connectivity index (χ4n) is 3.90. The molecule has 1 aromatic heterocycles. The predicted molar refractivity (Wildman–Crippen MR) is 113 cm³/mol. The molecule has 2 atom stereocenters. The van der Waals surface area contributed by atoms with E-state index in [1.807, 2.05) is 47.4 Å². The monoisotopic (exact) mass is 409 g/mol. The molecule has 150 valence electrons. The molecule has 1 saturated heterocycles. The quantitative estimate of drug-likeness (QED) is 0.710. The van der Waals surface area contributed by atoms with Crippen LogP contribution in [-0.2, 0) is 0 Å². The van der Waals surface area contributed by atoms with Gasteiger partial charge in [0.1, 0.15) is 6.61 Å². The minimum atomic E-state index is -0.182. The number of urea groups is 1. The topological polar surface area (TPSA) is 63.7 Å². The second kappa shape index (κ2) is 7.91. The summed E-state index contributed by atoms with van der Waals surface area (Å²) in [5.74, 6) is 1.78. The number of carbonyl (C=O) groups is 1. The first-order valence-electron chi connectivity index (χ1n) is 10.0. The van der Waals surface area contributed by atoms with Crippen molar-refractivity contribution >= 4 is 27.6 Å². The number of ether oxygens (including phenoxy) is 2. The molecule has 2 aliphatic rings. The van der Waals surface area contributed by atoms with Gasteiger partial charge in [0.25, 0.3) is 0 Å². The van der Waals surface area contributed by atoms with E-state index >= 15 is 0 Å². The molecule has 0 bridgehead atoms. The van der Waals surface area contributed by atoms with E-state index in [0.717, 1.165) is 41.4 Å². The fourth-order valence-corrected chi connectivity index (χ4v) is 5.00. The Bertz CT molecular complexity index is 988. The molecule has 2 aliphatic heterocycles. The van der Waals surface area contributed by atoms with Crippen molar-refractivity contribution in [2.45, 2.75) is 24.9 Å². The first-order valence-corrected chi connectivity index (χ1v) is 10.8. The SMILES string of the molecule is O=C(NC[C@H]1COc2ccccc2O1)N1CCC[C@@H](c2nc3ccccc3s2)C1. The van der Waals surface area contributed by atoms with Gasteiger partial charge >= 0.3 is 6.03 Å². The molecule has 0 aliphatic carbocycles. The molecule has 5 rings (SSSR count). The van der Waals surface area contributed by atoms with E-state index in [0.29, 0.717) is 25.6 Å². The average molecular weight is 410 g/mol. The highest BCUT2D eigenvalue weighted by Gasteiger charge is 2.28. The van der Waals surface area contributed by atoms with E-state index in [1.165, 1.54) is 4.70 Å². The Morgan fingerprint density at radius 3 is 2.90 bits per heavy atom. The molecule has 0 unspecified atom stereocenters. The van der Waals surface area contributed by atoms with E-state index in [1.54, 1.807) is 11.3 Å². The highest BCUT2D eigenvalue weighted by molar-refractivity contribution is 7.18. The van der Waals surface area contributed by atoms with Gasteiger partial charge < -0.3 is 19.7 Å². The Morgan fingerprint density at radius 1 is 1.17 bits per heavy atom. The van der Waals surface area contributed by atoms with Crippen LogP contribution in [0, 0.1) is 0 Å². The zero-order valence-electron chi connectivity index (χ0n) is 16.0. The van der Waals surface area contributed by atoms with Crippen LogP contribution in [0.1, 0.15) is 23.8 Å². The summed E-state index contributed by atoms with van der Waals surface area (Å²) in [6.45, 7) is 2.34. The maximum absolute atomic E-state index is 12.7. The van der Waals surface area contributed by atoms with Gasteiger partial charge in [-0.25, -0.2) is 9.78 Å². The van der Waals surface area contributed by atoms with Crippen LogP contribution in [0.2, 0.25) is 0 Å². The van der Waals surface area contributed by atoms with E-state index in [9.17, 15) is 4.79 Å². The normalized spacial score (nSPS) is 21.2. The number of thiazole rings is 1. The Balaban J connectivity index is 1.18. The number of hydrogen-bond donors (Lipinski definition) is 1. The van der Waals surface area contributed by atoms with Crippen molar-refractivity contribution in [3.05, 3.63) is 53.5 Å². The molecule has 29 heavy (non-hydrogen) atoms. The van der Waals surface area contributed by atoms with Crippen molar-refractivity contribution in [2.24, 2.45) is 0 Å². The molecule has 6 nitrogen and oxygen atoms in total. The van der Waals surface area contributed by atoms with Crippen molar-refractivity contribution in [2.75, 3.05) is 26.2 Å². The largest absolute Gasteiger partial charge is 0.486 e. The smallest absolute Gasteiger partial charge is 0.317 e. The lowest BCUT2D eigenvalue weighted by molar-refractivity contribution is 0.0894. The number of nitrogens with zero attached hydrogens (tertiary/aromatic N) is 2. The molecule has 0 spiro atoms. The lowest BCUT2D eigenvalue weighted by atomic mass is 9.99. The first-order chi connectivity index (χ1) is 14.3. The van der Waals surface area contributed by atoms with E-state index in [2.05, 4.69) is 11.4 Å². The Kier molecular flexibility index (Phi) is 4.97. The third-order valence-electron chi connectivity index (χ3n) is 5.42. The fraction of sp³-hybridized carbons (Fsp3) is 0.364. The highest BCUT2D eigenvalue weighted by atomic mass is 32.1. The third kappa shape index (κ3) is 3.87.